The number of rotatable bonds is 5. The number of carbonyl (C=O) groups is 1. The molecule has 8 nitrogen and oxygen atoms in total. The summed E-state index contributed by atoms with van der Waals surface area (Å²) in [5.74, 6) is 1.77. The predicted molar refractivity (Wildman–Crippen MR) is 92.5 cm³/mol. The minimum atomic E-state index is -0.297. The Balaban J connectivity index is 1.80. The Labute approximate surface area is 147 Å². The lowest BCUT2D eigenvalue weighted by Crippen LogP contribution is -2.41. The van der Waals surface area contributed by atoms with Crippen LogP contribution in [0.5, 0.6) is 5.88 Å². The van der Waals surface area contributed by atoms with E-state index < -0.39 is 0 Å². The number of anilines is 1. The van der Waals surface area contributed by atoms with Gasteiger partial charge in [0, 0.05) is 19.2 Å². The highest BCUT2D eigenvalue weighted by Gasteiger charge is 2.37. The summed E-state index contributed by atoms with van der Waals surface area (Å²) in [6.07, 6.45) is 2.01. The topological polar surface area (TPSA) is 85.4 Å². The number of amides is 1. The van der Waals surface area contributed by atoms with Gasteiger partial charge < -0.3 is 14.6 Å². The molecule has 8 heteroatoms. The van der Waals surface area contributed by atoms with Gasteiger partial charge in [-0.3, -0.25) is 9.69 Å². The zero-order chi connectivity index (χ0) is 18.1. The molecule has 3 rings (SSSR count). The van der Waals surface area contributed by atoms with Crippen LogP contribution in [0.1, 0.15) is 42.8 Å². The van der Waals surface area contributed by atoms with Gasteiger partial charge in [0.15, 0.2) is 5.82 Å². The Morgan fingerprint density at radius 2 is 2.24 bits per heavy atom. The first-order chi connectivity index (χ1) is 11.9. The number of aryl methyl sites for hydroxylation is 3. The first kappa shape index (κ1) is 17.5. The number of hydrogen-bond acceptors (Lipinski definition) is 6. The van der Waals surface area contributed by atoms with Gasteiger partial charge in [-0.2, -0.15) is 5.10 Å². The van der Waals surface area contributed by atoms with Crippen LogP contribution >= 0.6 is 0 Å². The van der Waals surface area contributed by atoms with E-state index >= 15 is 0 Å². The monoisotopic (exact) mass is 347 g/mol. The van der Waals surface area contributed by atoms with Gasteiger partial charge >= 0.3 is 0 Å². The van der Waals surface area contributed by atoms with Crippen LogP contribution in [0.25, 0.3) is 0 Å². The normalized spacial score (nSPS) is 19.2. The van der Waals surface area contributed by atoms with Crippen molar-refractivity contribution in [2.45, 2.75) is 45.7 Å². The first-order valence-corrected chi connectivity index (χ1v) is 8.49. The maximum Gasteiger partial charge on any atom is 0.242 e. The van der Waals surface area contributed by atoms with Crippen LogP contribution in [0.15, 0.2) is 10.6 Å². The highest BCUT2D eigenvalue weighted by molar-refractivity contribution is 5.93. The van der Waals surface area contributed by atoms with Crippen molar-refractivity contribution in [2.24, 2.45) is 7.05 Å². The third-order valence-electron chi connectivity index (χ3n) is 4.79. The molecule has 0 bridgehead atoms. The second kappa shape index (κ2) is 6.87. The van der Waals surface area contributed by atoms with E-state index in [2.05, 4.69) is 20.5 Å². The fourth-order valence-electron chi connectivity index (χ4n) is 3.65. The maximum atomic E-state index is 12.6. The molecular weight excluding hydrogens is 322 g/mol. The number of nitrogens with zero attached hydrogens (tertiary/aromatic N) is 4. The third-order valence-corrected chi connectivity index (χ3v) is 4.79. The molecule has 2 aromatic rings. The zero-order valence-corrected chi connectivity index (χ0v) is 15.4. The molecule has 0 saturated carbocycles. The van der Waals surface area contributed by atoms with Crippen molar-refractivity contribution in [1.82, 2.24) is 19.8 Å². The van der Waals surface area contributed by atoms with Crippen LogP contribution in [0, 0.1) is 13.8 Å². The van der Waals surface area contributed by atoms with E-state index in [0.29, 0.717) is 11.6 Å². The Hall–Kier alpha value is -2.35. The molecule has 0 radical (unpaired) electrons. The van der Waals surface area contributed by atoms with E-state index in [1.54, 1.807) is 24.8 Å². The molecule has 1 saturated heterocycles. The Kier molecular flexibility index (Phi) is 4.80. The molecule has 1 fully saturated rings. The molecule has 2 aromatic heterocycles. The average Bonchev–Trinajstić information content (AvgIpc) is 3.25. The van der Waals surface area contributed by atoms with Gasteiger partial charge in [-0.25, -0.2) is 4.68 Å². The number of ether oxygens (including phenoxy) is 1. The highest BCUT2D eigenvalue weighted by Crippen LogP contribution is 2.39. The number of likely N-dealkylation sites (tertiary alicyclic amines) is 1. The molecule has 0 aliphatic carbocycles. The molecule has 0 aromatic carbocycles. The quantitative estimate of drug-likeness (QED) is 0.892. The number of aromatic nitrogens is 3. The molecule has 1 N–H and O–H groups in total. The summed E-state index contributed by atoms with van der Waals surface area (Å²) in [5, 5.41) is 11.1. The Morgan fingerprint density at radius 3 is 2.88 bits per heavy atom. The molecule has 0 spiro atoms. The predicted octanol–water partition coefficient (Wildman–Crippen LogP) is 2.20. The van der Waals surface area contributed by atoms with Gasteiger partial charge in [-0.15, -0.1) is 0 Å². The van der Waals surface area contributed by atoms with Gasteiger partial charge in [0.05, 0.1) is 24.4 Å². The first-order valence-electron chi connectivity index (χ1n) is 8.49. The van der Waals surface area contributed by atoms with Gasteiger partial charge in [0.2, 0.25) is 11.8 Å². The number of methoxy groups -OCH3 is 1. The van der Waals surface area contributed by atoms with Gasteiger partial charge in [-0.1, -0.05) is 5.16 Å². The molecule has 3 heterocycles. The largest absolute Gasteiger partial charge is 0.481 e. The van der Waals surface area contributed by atoms with Gasteiger partial charge in [0.25, 0.3) is 0 Å². The van der Waals surface area contributed by atoms with Crippen LogP contribution in [-0.2, 0) is 11.8 Å². The summed E-state index contributed by atoms with van der Waals surface area (Å²) in [6.45, 7) is 6.55. The second-order valence-electron chi connectivity index (χ2n) is 6.52. The van der Waals surface area contributed by atoms with Crippen LogP contribution < -0.4 is 10.1 Å². The van der Waals surface area contributed by atoms with Crippen molar-refractivity contribution in [2.75, 3.05) is 19.0 Å². The zero-order valence-electron chi connectivity index (χ0n) is 15.4. The molecule has 1 aliphatic rings. The summed E-state index contributed by atoms with van der Waals surface area (Å²) < 4.78 is 12.3. The van der Waals surface area contributed by atoms with E-state index in [-0.39, 0.29) is 18.0 Å². The van der Waals surface area contributed by atoms with Crippen molar-refractivity contribution in [3.05, 3.63) is 23.1 Å². The summed E-state index contributed by atoms with van der Waals surface area (Å²) in [4.78, 5) is 14.8. The van der Waals surface area contributed by atoms with Crippen LogP contribution in [-0.4, -0.2) is 45.4 Å². The lowest BCUT2D eigenvalue weighted by molar-refractivity contribution is -0.121. The molecule has 1 aliphatic heterocycles. The Morgan fingerprint density at radius 1 is 1.48 bits per heavy atom. The van der Waals surface area contributed by atoms with Crippen molar-refractivity contribution in [1.29, 1.82) is 0 Å². The smallest absolute Gasteiger partial charge is 0.242 e. The van der Waals surface area contributed by atoms with Crippen molar-refractivity contribution in [3.63, 3.8) is 0 Å². The maximum absolute atomic E-state index is 12.6. The molecular formula is C17H25N5O3. The highest BCUT2D eigenvalue weighted by atomic mass is 16.5. The van der Waals surface area contributed by atoms with Gasteiger partial charge in [-0.05, 0) is 40.2 Å². The van der Waals surface area contributed by atoms with E-state index in [4.69, 9.17) is 9.26 Å². The fourth-order valence-corrected chi connectivity index (χ4v) is 3.65. The van der Waals surface area contributed by atoms with Crippen LogP contribution in [0.4, 0.5) is 5.82 Å². The number of hydrogen-bond donors (Lipinski definition) is 1. The summed E-state index contributed by atoms with van der Waals surface area (Å²) in [6, 6.07) is 1.53. The van der Waals surface area contributed by atoms with Crippen LogP contribution in [0.2, 0.25) is 0 Å². The number of carbonyl (C=O) groups excluding carboxylic acids is 1. The van der Waals surface area contributed by atoms with Crippen molar-refractivity contribution >= 4 is 11.7 Å². The van der Waals surface area contributed by atoms with E-state index in [9.17, 15) is 4.79 Å². The number of nitrogens with one attached hydrogen (secondary N) is 1. The average molecular weight is 347 g/mol. The summed E-state index contributed by atoms with van der Waals surface area (Å²) in [7, 11) is 3.53. The third kappa shape index (κ3) is 3.26. The van der Waals surface area contributed by atoms with E-state index in [0.717, 1.165) is 36.5 Å². The molecule has 25 heavy (non-hydrogen) atoms. The Bertz CT molecular complexity index is 766. The van der Waals surface area contributed by atoms with Gasteiger partial charge in [0.1, 0.15) is 5.76 Å². The summed E-state index contributed by atoms with van der Waals surface area (Å²) in [5.41, 5.74) is 2.01. The molecule has 2 atom stereocenters. The lowest BCUT2D eigenvalue weighted by Gasteiger charge is -2.29. The van der Waals surface area contributed by atoms with Crippen LogP contribution in [0.3, 0.4) is 0 Å². The molecule has 1 amide bonds. The molecule has 0 unspecified atom stereocenters. The minimum absolute atomic E-state index is 0.0966. The fraction of sp³-hybridized carbons (Fsp3) is 0.588. The van der Waals surface area contributed by atoms with Crippen molar-refractivity contribution < 1.29 is 14.1 Å². The molecule has 136 valence electrons. The standard InChI is InChI=1S/C17H25N5O3/c1-10-9-14(20-25-10)18-16(23)12(3)22-8-6-7-13(22)15-11(2)19-21(4)17(15)24-5/h9,12-13H,6-8H2,1-5H3,(H,18,20,23)/t12-,13+/m1/s1. The van der Waals surface area contributed by atoms with E-state index in [1.807, 2.05) is 20.9 Å². The van der Waals surface area contributed by atoms with E-state index in [1.165, 1.54) is 0 Å². The second-order valence-corrected chi connectivity index (χ2v) is 6.52. The minimum Gasteiger partial charge on any atom is -0.481 e. The lowest BCUT2D eigenvalue weighted by atomic mass is 10.0. The summed E-state index contributed by atoms with van der Waals surface area (Å²) >= 11 is 0. The SMILES string of the molecule is COc1c([C@@H]2CCCN2[C@H](C)C(=O)Nc2cc(C)on2)c(C)nn1C. The van der Waals surface area contributed by atoms with Crippen molar-refractivity contribution in [3.8, 4) is 5.88 Å².